The van der Waals surface area contributed by atoms with Gasteiger partial charge in [0.1, 0.15) is 0 Å². The third-order valence-corrected chi connectivity index (χ3v) is 3.51. The van der Waals surface area contributed by atoms with Gasteiger partial charge in [0.15, 0.2) is 0 Å². The molecular formula is C18H21NO2. The first-order chi connectivity index (χ1) is 10.2. The summed E-state index contributed by atoms with van der Waals surface area (Å²) in [6.45, 7) is 4.65. The van der Waals surface area contributed by atoms with Gasteiger partial charge in [0.2, 0.25) is 0 Å². The summed E-state index contributed by atoms with van der Waals surface area (Å²) in [5.41, 5.74) is 2.92. The zero-order chi connectivity index (χ0) is 15.1. The summed E-state index contributed by atoms with van der Waals surface area (Å²) in [6.07, 6.45) is 0. The molecule has 0 N–H and O–H groups in total. The number of hydrogen-bond donors (Lipinski definition) is 0. The number of esters is 1. The first kappa shape index (κ1) is 15.3. The van der Waals surface area contributed by atoms with Crippen LogP contribution in [0.2, 0.25) is 0 Å². The quantitative estimate of drug-likeness (QED) is 0.760. The molecule has 0 aliphatic carbocycles. The van der Waals surface area contributed by atoms with E-state index in [1.54, 1.807) is 0 Å². The second kappa shape index (κ2) is 7.60. The highest BCUT2D eigenvalue weighted by molar-refractivity contribution is 5.90. The lowest BCUT2D eigenvalue weighted by Crippen LogP contribution is -2.23. The summed E-state index contributed by atoms with van der Waals surface area (Å²) in [6, 6.07) is 18.0. The zero-order valence-electron chi connectivity index (χ0n) is 12.6. The van der Waals surface area contributed by atoms with Gasteiger partial charge in [-0.2, -0.15) is 0 Å². The molecule has 0 atom stereocenters. The van der Waals surface area contributed by atoms with E-state index in [-0.39, 0.29) is 5.97 Å². The molecular weight excluding hydrogens is 262 g/mol. The number of carbonyl (C=O) groups excluding carboxylic acids is 1. The van der Waals surface area contributed by atoms with Gasteiger partial charge in [-0.25, -0.2) is 4.79 Å². The van der Waals surface area contributed by atoms with Crippen LogP contribution in [0, 0.1) is 0 Å². The van der Waals surface area contributed by atoms with E-state index in [9.17, 15) is 4.79 Å². The van der Waals surface area contributed by atoms with Gasteiger partial charge < -0.3 is 4.74 Å². The molecule has 0 unspecified atom stereocenters. The lowest BCUT2D eigenvalue weighted by molar-refractivity contribution is 0.0598. The molecule has 0 fully saturated rings. The van der Waals surface area contributed by atoms with Crippen molar-refractivity contribution >= 4 is 5.97 Å². The number of carbonyl (C=O) groups is 1. The molecule has 0 heterocycles. The van der Waals surface area contributed by atoms with Crippen LogP contribution in [0.15, 0.2) is 54.6 Å². The summed E-state index contributed by atoms with van der Waals surface area (Å²) in [5.74, 6) is -0.277. The van der Waals surface area contributed by atoms with Gasteiger partial charge in [0.25, 0.3) is 0 Å². The van der Waals surface area contributed by atoms with Crippen LogP contribution < -0.4 is 0 Å². The fraction of sp³-hybridized carbons (Fsp3) is 0.278. The Morgan fingerprint density at radius 3 is 2.33 bits per heavy atom. The number of hydrogen-bond acceptors (Lipinski definition) is 3. The molecule has 0 radical (unpaired) electrons. The van der Waals surface area contributed by atoms with E-state index < -0.39 is 0 Å². The van der Waals surface area contributed by atoms with Gasteiger partial charge in [0.05, 0.1) is 12.7 Å². The van der Waals surface area contributed by atoms with Gasteiger partial charge in [-0.1, -0.05) is 55.5 Å². The number of benzene rings is 2. The Labute approximate surface area is 126 Å². The van der Waals surface area contributed by atoms with Crippen LogP contribution in [0.3, 0.4) is 0 Å². The first-order valence-corrected chi connectivity index (χ1v) is 7.17. The van der Waals surface area contributed by atoms with Gasteiger partial charge in [0, 0.05) is 13.1 Å². The van der Waals surface area contributed by atoms with Gasteiger partial charge in [-0.3, -0.25) is 4.90 Å². The van der Waals surface area contributed by atoms with Crippen LogP contribution in [0.1, 0.15) is 28.4 Å². The summed E-state index contributed by atoms with van der Waals surface area (Å²) in [7, 11) is 1.42. The third-order valence-electron chi connectivity index (χ3n) is 3.51. The predicted octanol–water partition coefficient (Wildman–Crippen LogP) is 3.50. The van der Waals surface area contributed by atoms with Crippen LogP contribution in [0.5, 0.6) is 0 Å². The molecule has 3 nitrogen and oxygen atoms in total. The molecule has 2 aromatic carbocycles. The SMILES string of the molecule is CCN(Cc1ccccc1)Cc1ccccc1C(=O)OC. The monoisotopic (exact) mass is 283 g/mol. The minimum absolute atomic E-state index is 0.277. The van der Waals surface area contributed by atoms with E-state index in [1.165, 1.54) is 12.7 Å². The van der Waals surface area contributed by atoms with Gasteiger partial charge >= 0.3 is 5.97 Å². The molecule has 0 aliphatic heterocycles. The highest BCUT2D eigenvalue weighted by atomic mass is 16.5. The van der Waals surface area contributed by atoms with Gasteiger partial charge in [-0.15, -0.1) is 0 Å². The molecule has 21 heavy (non-hydrogen) atoms. The van der Waals surface area contributed by atoms with Crippen molar-refractivity contribution in [2.75, 3.05) is 13.7 Å². The van der Waals surface area contributed by atoms with E-state index in [4.69, 9.17) is 4.74 Å². The van der Waals surface area contributed by atoms with Crippen molar-refractivity contribution in [3.8, 4) is 0 Å². The average Bonchev–Trinajstić information content (AvgIpc) is 2.55. The summed E-state index contributed by atoms with van der Waals surface area (Å²) < 4.78 is 4.85. The topological polar surface area (TPSA) is 29.5 Å². The van der Waals surface area contributed by atoms with Crippen molar-refractivity contribution in [1.82, 2.24) is 4.90 Å². The van der Waals surface area contributed by atoms with Crippen LogP contribution in [-0.2, 0) is 17.8 Å². The second-order valence-electron chi connectivity index (χ2n) is 4.94. The largest absolute Gasteiger partial charge is 0.465 e. The Bertz CT molecular complexity index is 581. The van der Waals surface area contributed by atoms with E-state index in [0.29, 0.717) is 5.56 Å². The van der Waals surface area contributed by atoms with Crippen molar-refractivity contribution in [1.29, 1.82) is 0 Å². The fourth-order valence-corrected chi connectivity index (χ4v) is 2.33. The molecule has 3 heteroatoms. The molecule has 2 aromatic rings. The molecule has 0 aromatic heterocycles. The first-order valence-electron chi connectivity index (χ1n) is 7.17. The Balaban J connectivity index is 2.13. The van der Waals surface area contributed by atoms with Crippen molar-refractivity contribution in [3.05, 3.63) is 71.3 Å². The number of rotatable bonds is 6. The smallest absolute Gasteiger partial charge is 0.338 e. The molecule has 0 amide bonds. The number of methoxy groups -OCH3 is 1. The Morgan fingerprint density at radius 1 is 1.00 bits per heavy atom. The summed E-state index contributed by atoms with van der Waals surface area (Å²) in [4.78, 5) is 14.1. The van der Waals surface area contributed by atoms with Crippen LogP contribution in [0.4, 0.5) is 0 Å². The van der Waals surface area contributed by atoms with E-state index in [0.717, 1.165) is 25.2 Å². The van der Waals surface area contributed by atoms with Crippen molar-refractivity contribution in [2.45, 2.75) is 20.0 Å². The van der Waals surface area contributed by atoms with Crippen molar-refractivity contribution < 1.29 is 9.53 Å². The van der Waals surface area contributed by atoms with E-state index in [1.807, 2.05) is 42.5 Å². The van der Waals surface area contributed by atoms with Crippen LogP contribution in [0.25, 0.3) is 0 Å². The molecule has 110 valence electrons. The average molecular weight is 283 g/mol. The molecule has 0 spiro atoms. The number of ether oxygens (including phenoxy) is 1. The summed E-state index contributed by atoms with van der Waals surface area (Å²) >= 11 is 0. The maximum absolute atomic E-state index is 11.8. The molecule has 0 bridgehead atoms. The fourth-order valence-electron chi connectivity index (χ4n) is 2.33. The van der Waals surface area contributed by atoms with E-state index >= 15 is 0 Å². The summed E-state index contributed by atoms with van der Waals surface area (Å²) in [5, 5.41) is 0. The predicted molar refractivity (Wildman–Crippen MR) is 84.0 cm³/mol. The second-order valence-corrected chi connectivity index (χ2v) is 4.94. The Hall–Kier alpha value is -2.13. The molecule has 2 rings (SSSR count). The van der Waals surface area contributed by atoms with Crippen LogP contribution in [-0.4, -0.2) is 24.5 Å². The highest BCUT2D eigenvalue weighted by Crippen LogP contribution is 2.15. The zero-order valence-corrected chi connectivity index (χ0v) is 12.6. The Kier molecular flexibility index (Phi) is 5.52. The minimum Gasteiger partial charge on any atom is -0.465 e. The molecule has 0 aliphatic rings. The minimum atomic E-state index is -0.277. The maximum Gasteiger partial charge on any atom is 0.338 e. The Morgan fingerprint density at radius 2 is 1.67 bits per heavy atom. The normalized spacial score (nSPS) is 10.6. The molecule has 0 saturated heterocycles. The third kappa shape index (κ3) is 4.17. The van der Waals surface area contributed by atoms with E-state index in [2.05, 4.69) is 24.0 Å². The van der Waals surface area contributed by atoms with Crippen molar-refractivity contribution in [3.63, 3.8) is 0 Å². The van der Waals surface area contributed by atoms with Crippen LogP contribution >= 0.6 is 0 Å². The molecule has 0 saturated carbocycles. The standard InChI is InChI=1S/C18H21NO2/c1-3-19(13-15-9-5-4-6-10-15)14-16-11-7-8-12-17(16)18(20)21-2/h4-12H,3,13-14H2,1-2H3. The highest BCUT2D eigenvalue weighted by Gasteiger charge is 2.13. The van der Waals surface area contributed by atoms with Crippen molar-refractivity contribution in [2.24, 2.45) is 0 Å². The lowest BCUT2D eigenvalue weighted by Gasteiger charge is -2.21. The lowest BCUT2D eigenvalue weighted by atomic mass is 10.1. The number of nitrogens with zero attached hydrogens (tertiary/aromatic N) is 1. The van der Waals surface area contributed by atoms with Gasteiger partial charge in [-0.05, 0) is 23.7 Å². The maximum atomic E-state index is 11.8.